The number of hydrogen-bond donors (Lipinski definition) is 1. The summed E-state index contributed by atoms with van der Waals surface area (Å²) in [6.45, 7) is 0. The van der Waals surface area contributed by atoms with Crippen molar-refractivity contribution >= 4 is 28.9 Å². The van der Waals surface area contributed by atoms with E-state index in [-0.39, 0.29) is 18.5 Å². The molecule has 1 atom stereocenters. The number of halogens is 7. The van der Waals surface area contributed by atoms with Gasteiger partial charge in [-0.2, -0.15) is 26.3 Å². The number of carbonyl (C=O) groups is 1. The first-order valence-electron chi connectivity index (χ1n) is 8.95. The number of anilines is 1. The van der Waals surface area contributed by atoms with E-state index in [0.29, 0.717) is 22.9 Å². The molecule has 12 heteroatoms. The number of carbonyl (C=O) groups excluding carboxylic acids is 1. The zero-order chi connectivity index (χ0) is 22.8. The maximum absolute atomic E-state index is 13.2. The van der Waals surface area contributed by atoms with Crippen molar-refractivity contribution in [1.29, 1.82) is 0 Å². The van der Waals surface area contributed by atoms with E-state index in [4.69, 9.17) is 11.6 Å². The van der Waals surface area contributed by atoms with Gasteiger partial charge in [0, 0.05) is 29.1 Å². The summed E-state index contributed by atoms with van der Waals surface area (Å²) in [6, 6.07) is 6.32. The fourth-order valence-corrected chi connectivity index (χ4v) is 3.10. The Bertz CT molecular complexity index is 1010. The van der Waals surface area contributed by atoms with Crippen molar-refractivity contribution < 1.29 is 31.1 Å². The number of aryl methyl sites for hydroxylation is 1. The highest BCUT2D eigenvalue weighted by Gasteiger charge is 2.45. The lowest BCUT2D eigenvalue weighted by molar-refractivity contribution is -0.165. The SMILES string of the molecule is O=C(CCc1cnnn1C1=CC(C(F)(F)F)CC(C(F)(F)F)=C1)Nc1ccc(Cl)cc1. The molecular weight excluding hydrogens is 450 g/mol. The van der Waals surface area contributed by atoms with Crippen molar-refractivity contribution in [3.8, 4) is 0 Å². The maximum atomic E-state index is 13.2. The van der Waals surface area contributed by atoms with Crippen LogP contribution in [0.2, 0.25) is 5.02 Å². The third-order valence-corrected chi connectivity index (χ3v) is 4.77. The van der Waals surface area contributed by atoms with Crippen molar-refractivity contribution in [1.82, 2.24) is 15.0 Å². The van der Waals surface area contributed by atoms with E-state index < -0.39 is 41.9 Å². The van der Waals surface area contributed by atoms with E-state index in [1.54, 1.807) is 24.3 Å². The molecule has 0 aliphatic heterocycles. The van der Waals surface area contributed by atoms with Gasteiger partial charge in [0.1, 0.15) is 0 Å². The van der Waals surface area contributed by atoms with Crippen molar-refractivity contribution in [2.24, 2.45) is 5.92 Å². The molecule has 0 radical (unpaired) electrons. The van der Waals surface area contributed by atoms with Crippen LogP contribution in [0.3, 0.4) is 0 Å². The predicted octanol–water partition coefficient (Wildman–Crippen LogP) is 5.41. The molecule has 1 aromatic heterocycles. The van der Waals surface area contributed by atoms with Crippen LogP contribution in [0.25, 0.3) is 5.70 Å². The van der Waals surface area contributed by atoms with E-state index in [1.165, 1.54) is 6.20 Å². The van der Waals surface area contributed by atoms with Crippen LogP contribution < -0.4 is 5.32 Å². The van der Waals surface area contributed by atoms with Crippen LogP contribution in [-0.2, 0) is 11.2 Å². The summed E-state index contributed by atoms with van der Waals surface area (Å²) in [5, 5.41) is 10.3. The molecule has 31 heavy (non-hydrogen) atoms. The van der Waals surface area contributed by atoms with E-state index in [0.717, 1.165) is 4.68 Å². The Morgan fingerprint density at radius 2 is 1.84 bits per heavy atom. The normalized spacial score (nSPS) is 17.2. The van der Waals surface area contributed by atoms with Gasteiger partial charge in [0.05, 0.1) is 23.5 Å². The summed E-state index contributed by atoms with van der Waals surface area (Å²) in [4.78, 5) is 12.1. The third kappa shape index (κ3) is 5.87. The quantitative estimate of drug-likeness (QED) is 0.602. The molecule has 1 N–H and O–H groups in total. The van der Waals surface area contributed by atoms with E-state index in [2.05, 4.69) is 15.6 Å². The minimum absolute atomic E-state index is 0.00433. The lowest BCUT2D eigenvalue weighted by atomic mass is 9.91. The fraction of sp³-hybridized carbons (Fsp3) is 0.316. The largest absolute Gasteiger partial charge is 0.412 e. The summed E-state index contributed by atoms with van der Waals surface area (Å²) in [5.74, 6) is -2.72. The molecule has 0 spiro atoms. The molecule has 1 aliphatic carbocycles. The van der Waals surface area contributed by atoms with Gasteiger partial charge in [0.2, 0.25) is 5.91 Å². The van der Waals surface area contributed by atoms with Gasteiger partial charge in [-0.05, 0) is 42.8 Å². The molecular formula is C19H15ClF6N4O. The zero-order valence-corrected chi connectivity index (χ0v) is 16.4. The smallest absolute Gasteiger partial charge is 0.326 e. The molecule has 2 aromatic rings. The Labute approximate surface area is 177 Å². The second-order valence-corrected chi connectivity index (χ2v) is 7.24. The zero-order valence-electron chi connectivity index (χ0n) is 15.6. The molecule has 5 nitrogen and oxygen atoms in total. The third-order valence-electron chi connectivity index (χ3n) is 4.52. The summed E-state index contributed by atoms with van der Waals surface area (Å²) >= 11 is 5.76. The fourth-order valence-electron chi connectivity index (χ4n) is 2.97. The van der Waals surface area contributed by atoms with E-state index in [9.17, 15) is 31.1 Å². The summed E-state index contributed by atoms with van der Waals surface area (Å²) in [6.07, 6.45) is -8.58. The minimum Gasteiger partial charge on any atom is -0.326 e. The summed E-state index contributed by atoms with van der Waals surface area (Å²) < 4.78 is 79.8. The van der Waals surface area contributed by atoms with Gasteiger partial charge >= 0.3 is 12.4 Å². The molecule has 1 unspecified atom stereocenters. The standard InChI is InChI=1S/C19H15ClF6N4O/c20-13-1-3-14(4-2-13)28-17(31)6-5-15-10-27-29-30(15)16-8-11(18(21,22)23)7-12(9-16)19(24,25)26/h1-4,8-11H,5-7H2,(H,28,31). The Morgan fingerprint density at radius 1 is 1.16 bits per heavy atom. The van der Waals surface area contributed by atoms with Crippen molar-refractivity contribution in [3.63, 3.8) is 0 Å². The maximum Gasteiger partial charge on any atom is 0.412 e. The summed E-state index contributed by atoms with van der Waals surface area (Å²) in [5.41, 5.74) is -1.03. The lowest BCUT2D eigenvalue weighted by Crippen LogP contribution is -2.28. The number of nitrogens with zero attached hydrogens (tertiary/aromatic N) is 3. The van der Waals surface area contributed by atoms with Gasteiger partial charge < -0.3 is 5.32 Å². The van der Waals surface area contributed by atoms with Crippen LogP contribution >= 0.6 is 11.6 Å². The molecule has 0 saturated heterocycles. The molecule has 3 rings (SSSR count). The first-order chi connectivity index (χ1) is 14.4. The Morgan fingerprint density at radius 3 is 2.45 bits per heavy atom. The van der Waals surface area contributed by atoms with Gasteiger partial charge in [-0.1, -0.05) is 16.8 Å². The molecule has 166 valence electrons. The minimum atomic E-state index is -4.91. The highest BCUT2D eigenvalue weighted by Crippen LogP contribution is 2.42. The molecule has 1 amide bonds. The number of hydrogen-bond acceptors (Lipinski definition) is 3. The second-order valence-electron chi connectivity index (χ2n) is 6.80. The van der Waals surface area contributed by atoms with Gasteiger partial charge in [0.15, 0.2) is 0 Å². The lowest BCUT2D eigenvalue weighted by Gasteiger charge is -2.25. The van der Waals surface area contributed by atoms with Crippen LogP contribution in [0, 0.1) is 5.92 Å². The first-order valence-corrected chi connectivity index (χ1v) is 9.33. The number of aromatic nitrogens is 3. The highest BCUT2D eigenvalue weighted by molar-refractivity contribution is 6.30. The average molecular weight is 465 g/mol. The molecule has 0 fully saturated rings. The van der Waals surface area contributed by atoms with Crippen LogP contribution in [-0.4, -0.2) is 33.3 Å². The van der Waals surface area contributed by atoms with Gasteiger partial charge in [-0.3, -0.25) is 4.79 Å². The highest BCUT2D eigenvalue weighted by atomic mass is 35.5. The van der Waals surface area contributed by atoms with Crippen LogP contribution in [0.15, 0.2) is 48.2 Å². The number of benzene rings is 1. The first kappa shape index (κ1) is 22.9. The Balaban J connectivity index is 1.77. The molecule has 0 saturated carbocycles. The van der Waals surface area contributed by atoms with Crippen LogP contribution in [0.1, 0.15) is 18.5 Å². The number of amides is 1. The molecule has 1 heterocycles. The number of rotatable bonds is 5. The summed E-state index contributed by atoms with van der Waals surface area (Å²) in [7, 11) is 0. The number of nitrogens with one attached hydrogen (secondary N) is 1. The number of allylic oxidation sites excluding steroid dienone is 4. The number of alkyl halides is 6. The van der Waals surface area contributed by atoms with Crippen LogP contribution in [0.4, 0.5) is 32.0 Å². The monoisotopic (exact) mass is 464 g/mol. The second kappa shape index (κ2) is 8.74. The van der Waals surface area contributed by atoms with Gasteiger partial charge in [0.25, 0.3) is 0 Å². The topological polar surface area (TPSA) is 59.8 Å². The van der Waals surface area contributed by atoms with Crippen molar-refractivity contribution in [2.75, 3.05) is 5.32 Å². The predicted molar refractivity (Wildman–Crippen MR) is 101 cm³/mol. The van der Waals surface area contributed by atoms with Gasteiger partial charge in [-0.15, -0.1) is 5.10 Å². The Hall–Kier alpha value is -2.82. The molecule has 1 aliphatic rings. The molecule has 1 aromatic carbocycles. The average Bonchev–Trinajstić information content (AvgIpc) is 3.15. The molecule has 0 bridgehead atoms. The van der Waals surface area contributed by atoms with Crippen molar-refractivity contribution in [2.45, 2.75) is 31.6 Å². The van der Waals surface area contributed by atoms with E-state index >= 15 is 0 Å². The van der Waals surface area contributed by atoms with E-state index in [1.807, 2.05) is 0 Å². The van der Waals surface area contributed by atoms with Crippen molar-refractivity contribution in [3.05, 3.63) is 58.9 Å². The van der Waals surface area contributed by atoms with Crippen LogP contribution in [0.5, 0.6) is 0 Å². The Kier molecular flexibility index (Phi) is 6.44. The van der Waals surface area contributed by atoms with Gasteiger partial charge in [-0.25, -0.2) is 4.68 Å².